The van der Waals surface area contributed by atoms with Crippen LogP contribution in [0.15, 0.2) is 18.2 Å². The standard InChI is InChI=1S/C14H20Cl3N/c1-3-12(4-2)18(9-8-15)10-11-6-5-7-13(16)14(11)17/h5-7,12H,3-4,8-10H2,1-2H3. The van der Waals surface area contributed by atoms with Crippen molar-refractivity contribution in [3.05, 3.63) is 33.8 Å². The van der Waals surface area contributed by atoms with Gasteiger partial charge >= 0.3 is 0 Å². The molecule has 1 rings (SSSR count). The fourth-order valence-corrected chi connectivity index (χ4v) is 2.79. The zero-order chi connectivity index (χ0) is 13.5. The minimum absolute atomic E-state index is 0.541. The molecule has 0 unspecified atom stereocenters. The third-order valence-electron chi connectivity index (χ3n) is 3.24. The lowest BCUT2D eigenvalue weighted by atomic mass is 10.1. The van der Waals surface area contributed by atoms with Crippen LogP contribution in [0.3, 0.4) is 0 Å². The Morgan fingerprint density at radius 3 is 2.39 bits per heavy atom. The molecule has 0 aliphatic carbocycles. The van der Waals surface area contributed by atoms with Crippen LogP contribution in [0.25, 0.3) is 0 Å². The van der Waals surface area contributed by atoms with E-state index < -0.39 is 0 Å². The minimum Gasteiger partial charge on any atom is -0.295 e. The van der Waals surface area contributed by atoms with Gasteiger partial charge in [0.2, 0.25) is 0 Å². The van der Waals surface area contributed by atoms with Gasteiger partial charge in [0.25, 0.3) is 0 Å². The van der Waals surface area contributed by atoms with Gasteiger partial charge in [0.1, 0.15) is 0 Å². The summed E-state index contributed by atoms with van der Waals surface area (Å²) in [5, 5.41) is 1.27. The van der Waals surface area contributed by atoms with Crippen LogP contribution in [0.5, 0.6) is 0 Å². The lowest BCUT2D eigenvalue weighted by molar-refractivity contribution is 0.188. The molecule has 1 aromatic carbocycles. The Kier molecular flexibility index (Phi) is 7.40. The molecule has 1 aromatic rings. The molecule has 0 amide bonds. The molecule has 18 heavy (non-hydrogen) atoms. The van der Waals surface area contributed by atoms with Crippen molar-refractivity contribution in [1.29, 1.82) is 0 Å². The van der Waals surface area contributed by atoms with Crippen LogP contribution >= 0.6 is 34.8 Å². The fourth-order valence-electron chi connectivity index (χ4n) is 2.19. The number of halogens is 3. The van der Waals surface area contributed by atoms with Crippen LogP contribution in [0.2, 0.25) is 10.0 Å². The highest BCUT2D eigenvalue weighted by atomic mass is 35.5. The van der Waals surface area contributed by atoms with E-state index in [2.05, 4.69) is 18.7 Å². The first-order valence-corrected chi connectivity index (χ1v) is 7.65. The number of benzene rings is 1. The Morgan fingerprint density at radius 2 is 1.83 bits per heavy atom. The first-order valence-electron chi connectivity index (χ1n) is 6.36. The van der Waals surface area contributed by atoms with E-state index in [0.29, 0.717) is 22.0 Å². The maximum absolute atomic E-state index is 6.24. The predicted molar refractivity (Wildman–Crippen MR) is 82.0 cm³/mol. The topological polar surface area (TPSA) is 3.24 Å². The summed E-state index contributed by atoms with van der Waals surface area (Å²) in [4.78, 5) is 2.38. The second kappa shape index (κ2) is 8.27. The summed E-state index contributed by atoms with van der Waals surface area (Å²) in [5.41, 5.74) is 1.07. The van der Waals surface area contributed by atoms with Gasteiger partial charge in [-0.25, -0.2) is 0 Å². The monoisotopic (exact) mass is 307 g/mol. The van der Waals surface area contributed by atoms with Gasteiger partial charge in [-0.05, 0) is 24.5 Å². The molecule has 0 saturated carbocycles. The predicted octanol–water partition coefficient (Wildman–Crippen LogP) is 5.22. The highest BCUT2D eigenvalue weighted by Crippen LogP contribution is 2.27. The number of nitrogens with zero attached hydrogens (tertiary/aromatic N) is 1. The Hall–Kier alpha value is 0.0500. The Morgan fingerprint density at radius 1 is 1.17 bits per heavy atom. The van der Waals surface area contributed by atoms with Gasteiger partial charge in [-0.15, -0.1) is 11.6 Å². The van der Waals surface area contributed by atoms with Crippen molar-refractivity contribution >= 4 is 34.8 Å². The van der Waals surface area contributed by atoms with Crippen LogP contribution in [0.4, 0.5) is 0 Å². The van der Waals surface area contributed by atoms with E-state index in [4.69, 9.17) is 34.8 Å². The van der Waals surface area contributed by atoms with Crippen molar-refractivity contribution in [2.45, 2.75) is 39.3 Å². The van der Waals surface area contributed by atoms with Crippen molar-refractivity contribution in [2.75, 3.05) is 12.4 Å². The van der Waals surface area contributed by atoms with Gasteiger partial charge in [0, 0.05) is 25.0 Å². The zero-order valence-corrected chi connectivity index (χ0v) is 13.2. The first kappa shape index (κ1) is 16.1. The maximum atomic E-state index is 6.24. The van der Waals surface area contributed by atoms with Gasteiger partial charge in [-0.1, -0.05) is 49.2 Å². The molecule has 0 N–H and O–H groups in total. The van der Waals surface area contributed by atoms with E-state index >= 15 is 0 Å². The third-order valence-corrected chi connectivity index (χ3v) is 4.26. The van der Waals surface area contributed by atoms with Crippen molar-refractivity contribution < 1.29 is 0 Å². The summed E-state index contributed by atoms with van der Waals surface area (Å²) >= 11 is 18.2. The van der Waals surface area contributed by atoms with Crippen LogP contribution in [0, 0.1) is 0 Å². The van der Waals surface area contributed by atoms with E-state index in [9.17, 15) is 0 Å². The summed E-state index contributed by atoms with van der Waals surface area (Å²) in [6.45, 7) is 6.08. The molecule has 0 heterocycles. The van der Waals surface area contributed by atoms with E-state index in [0.717, 1.165) is 31.5 Å². The van der Waals surface area contributed by atoms with Crippen LogP contribution < -0.4 is 0 Å². The average Bonchev–Trinajstić information content (AvgIpc) is 2.36. The molecule has 4 heteroatoms. The van der Waals surface area contributed by atoms with Gasteiger partial charge in [-0.3, -0.25) is 4.90 Å². The summed E-state index contributed by atoms with van der Waals surface area (Å²) in [7, 11) is 0. The highest BCUT2D eigenvalue weighted by molar-refractivity contribution is 6.42. The molecule has 0 fully saturated rings. The molecule has 0 atom stereocenters. The SMILES string of the molecule is CCC(CC)N(CCCl)Cc1cccc(Cl)c1Cl. The maximum Gasteiger partial charge on any atom is 0.0637 e. The summed E-state index contributed by atoms with van der Waals surface area (Å²) in [6.07, 6.45) is 2.23. The largest absolute Gasteiger partial charge is 0.295 e. The molecule has 1 nitrogen and oxygen atoms in total. The molecule has 0 aromatic heterocycles. The molecule has 102 valence electrons. The Labute approximate surface area is 125 Å². The summed E-state index contributed by atoms with van der Waals surface area (Å²) in [6, 6.07) is 6.32. The quantitative estimate of drug-likeness (QED) is 0.624. The normalized spacial score (nSPS) is 11.5. The molecule has 0 aliphatic rings. The number of hydrogen-bond acceptors (Lipinski definition) is 1. The average molecular weight is 309 g/mol. The van der Waals surface area contributed by atoms with Crippen molar-refractivity contribution in [2.24, 2.45) is 0 Å². The third kappa shape index (κ3) is 4.31. The van der Waals surface area contributed by atoms with Crippen molar-refractivity contribution in [3.63, 3.8) is 0 Å². The molecule has 0 spiro atoms. The van der Waals surface area contributed by atoms with E-state index in [1.54, 1.807) is 0 Å². The fraction of sp³-hybridized carbons (Fsp3) is 0.571. The Bertz CT molecular complexity index is 364. The highest BCUT2D eigenvalue weighted by Gasteiger charge is 2.16. The second-order valence-corrected chi connectivity index (χ2v) is 5.51. The van der Waals surface area contributed by atoms with E-state index in [1.807, 2.05) is 18.2 Å². The van der Waals surface area contributed by atoms with Crippen LogP contribution in [-0.2, 0) is 6.54 Å². The lowest BCUT2D eigenvalue weighted by Gasteiger charge is -2.30. The van der Waals surface area contributed by atoms with E-state index in [-0.39, 0.29) is 0 Å². The Balaban J connectivity index is 2.85. The van der Waals surface area contributed by atoms with Crippen LogP contribution in [-0.4, -0.2) is 23.4 Å². The molecular weight excluding hydrogens is 289 g/mol. The number of hydrogen-bond donors (Lipinski definition) is 0. The molecular formula is C14H20Cl3N. The molecule has 0 radical (unpaired) electrons. The summed E-state index contributed by atoms with van der Waals surface area (Å²) in [5.74, 6) is 0.634. The summed E-state index contributed by atoms with van der Waals surface area (Å²) < 4.78 is 0. The van der Waals surface area contributed by atoms with Crippen molar-refractivity contribution in [1.82, 2.24) is 4.90 Å². The molecule has 0 saturated heterocycles. The number of rotatable bonds is 7. The van der Waals surface area contributed by atoms with Crippen LogP contribution in [0.1, 0.15) is 32.3 Å². The van der Waals surface area contributed by atoms with Gasteiger partial charge in [0.05, 0.1) is 10.0 Å². The lowest BCUT2D eigenvalue weighted by Crippen LogP contribution is -2.35. The smallest absolute Gasteiger partial charge is 0.0637 e. The first-order chi connectivity index (χ1) is 8.63. The van der Waals surface area contributed by atoms with Crippen molar-refractivity contribution in [3.8, 4) is 0 Å². The zero-order valence-electron chi connectivity index (χ0n) is 10.9. The minimum atomic E-state index is 0.541. The molecule has 0 aliphatic heterocycles. The second-order valence-electron chi connectivity index (χ2n) is 4.34. The molecule has 0 bridgehead atoms. The van der Waals surface area contributed by atoms with E-state index in [1.165, 1.54) is 0 Å². The van der Waals surface area contributed by atoms with Gasteiger partial charge in [-0.2, -0.15) is 0 Å². The van der Waals surface area contributed by atoms with Gasteiger partial charge in [0.15, 0.2) is 0 Å². The van der Waals surface area contributed by atoms with Gasteiger partial charge < -0.3 is 0 Å². The number of alkyl halides is 1.